The fraction of sp³-hybridized carbons (Fsp3) is 0.652. The van der Waals surface area contributed by atoms with Crippen LogP contribution in [0.3, 0.4) is 0 Å². The van der Waals surface area contributed by atoms with Gasteiger partial charge in [0, 0.05) is 57.6 Å². The summed E-state index contributed by atoms with van der Waals surface area (Å²) in [5.41, 5.74) is 12.0. The number of aromatic nitrogens is 3. The van der Waals surface area contributed by atoms with Crippen molar-refractivity contribution in [3.63, 3.8) is 0 Å². The molecular formula is C23H35N9O2. The highest BCUT2D eigenvalue weighted by atomic mass is 16.2. The lowest BCUT2D eigenvalue weighted by atomic mass is 9.97. The van der Waals surface area contributed by atoms with Crippen molar-refractivity contribution >= 4 is 23.3 Å². The number of likely N-dealkylation sites (N-methyl/N-ethyl adjacent to an activating group) is 2. The normalized spacial score (nSPS) is 28.1. The van der Waals surface area contributed by atoms with Gasteiger partial charge >= 0.3 is 0 Å². The van der Waals surface area contributed by atoms with Crippen molar-refractivity contribution in [2.45, 2.75) is 63.2 Å². The maximum absolute atomic E-state index is 13.6. The maximum Gasteiger partial charge on any atom is 0.241 e. The zero-order valence-corrected chi connectivity index (χ0v) is 20.2. The average molecular weight is 470 g/mol. The minimum atomic E-state index is -0.420. The molecule has 0 aliphatic carbocycles. The van der Waals surface area contributed by atoms with Crippen LogP contribution in [0.1, 0.15) is 49.4 Å². The van der Waals surface area contributed by atoms with E-state index in [0.29, 0.717) is 13.0 Å². The highest BCUT2D eigenvalue weighted by Crippen LogP contribution is 2.33. The first-order valence-corrected chi connectivity index (χ1v) is 12.2. The Kier molecular flexibility index (Phi) is 6.17. The number of anilines is 1. The third kappa shape index (κ3) is 4.12. The van der Waals surface area contributed by atoms with Crippen molar-refractivity contribution in [3.05, 3.63) is 23.5 Å². The molecule has 5 rings (SSSR count). The van der Waals surface area contributed by atoms with Gasteiger partial charge < -0.3 is 20.9 Å². The maximum atomic E-state index is 13.6. The minimum absolute atomic E-state index is 0.0240. The van der Waals surface area contributed by atoms with E-state index in [9.17, 15) is 9.59 Å². The topological polar surface area (TPSA) is 124 Å². The van der Waals surface area contributed by atoms with Crippen LogP contribution in [0.5, 0.6) is 0 Å². The average Bonchev–Trinajstić information content (AvgIpc) is 3.55. The number of fused-ring (bicyclic) bond motifs is 1. The second-order valence-electron chi connectivity index (χ2n) is 9.82. The third-order valence-corrected chi connectivity index (χ3v) is 7.41. The van der Waals surface area contributed by atoms with E-state index in [1.165, 1.54) is 0 Å². The molecular weight excluding hydrogens is 434 g/mol. The Balaban J connectivity index is 1.39. The Morgan fingerprint density at radius 3 is 2.79 bits per heavy atom. The fourth-order valence-electron chi connectivity index (χ4n) is 5.56. The lowest BCUT2D eigenvalue weighted by Gasteiger charge is -2.36. The molecule has 0 aromatic carbocycles. The lowest BCUT2D eigenvalue weighted by molar-refractivity contribution is -0.137. The first-order valence-electron chi connectivity index (χ1n) is 12.2. The molecule has 2 aromatic heterocycles. The molecule has 4 N–H and O–H groups in total. The molecule has 0 radical (unpaired) electrons. The number of likely N-dealkylation sites (tertiary alicyclic amines) is 1. The van der Waals surface area contributed by atoms with Crippen LogP contribution in [-0.4, -0.2) is 88.2 Å². The summed E-state index contributed by atoms with van der Waals surface area (Å²) in [6, 6.07) is 1.32. The number of hydrogen-bond acceptors (Lipinski definition) is 8. The molecule has 4 atom stereocenters. The zero-order valence-electron chi connectivity index (χ0n) is 20.2. The van der Waals surface area contributed by atoms with E-state index < -0.39 is 6.04 Å². The summed E-state index contributed by atoms with van der Waals surface area (Å²) in [5.74, 6) is 0.898. The van der Waals surface area contributed by atoms with Gasteiger partial charge in [0.2, 0.25) is 11.8 Å². The van der Waals surface area contributed by atoms with Gasteiger partial charge in [0.05, 0.1) is 11.7 Å². The first kappa shape index (κ1) is 23.0. The summed E-state index contributed by atoms with van der Waals surface area (Å²) in [6.45, 7) is 4.47. The highest BCUT2D eigenvalue weighted by molar-refractivity contribution is 5.87. The standard InChI is InChI=1S/C23H35N9O2/c1-14-12-32-20(26-21(14)30-9-7-15(24)13-30)11-16(28-32)18-6-4-5-8-31(18)23(34)17-10-19(22(33)25-2)29(3)27-17/h11-12,15,17-19,27H,4-10,13,24H2,1-3H3,(H,25,33). The number of nitrogens with two attached hydrogens (primary N) is 1. The minimum Gasteiger partial charge on any atom is -0.358 e. The highest BCUT2D eigenvalue weighted by Gasteiger charge is 2.41. The summed E-state index contributed by atoms with van der Waals surface area (Å²) in [5, 5.41) is 9.25. The van der Waals surface area contributed by atoms with Gasteiger partial charge in [0.25, 0.3) is 0 Å². The zero-order chi connectivity index (χ0) is 24.0. The molecule has 5 heterocycles. The van der Waals surface area contributed by atoms with E-state index in [-0.39, 0.29) is 29.9 Å². The number of hydrogen-bond donors (Lipinski definition) is 3. The van der Waals surface area contributed by atoms with Crippen molar-refractivity contribution in [2.75, 3.05) is 38.6 Å². The van der Waals surface area contributed by atoms with Crippen LogP contribution in [0.15, 0.2) is 12.3 Å². The summed E-state index contributed by atoms with van der Waals surface area (Å²) in [6.07, 6.45) is 6.32. The van der Waals surface area contributed by atoms with Crippen molar-refractivity contribution in [1.29, 1.82) is 0 Å². The Bertz CT molecular complexity index is 1090. The number of piperidine rings is 1. The number of hydrazine groups is 1. The first-order chi connectivity index (χ1) is 16.4. The number of carbonyl (C=O) groups excluding carboxylic acids is 2. The van der Waals surface area contributed by atoms with Crippen molar-refractivity contribution < 1.29 is 9.59 Å². The summed E-state index contributed by atoms with van der Waals surface area (Å²) in [4.78, 5) is 34.8. The van der Waals surface area contributed by atoms with E-state index >= 15 is 0 Å². The van der Waals surface area contributed by atoms with Crippen molar-refractivity contribution in [2.24, 2.45) is 5.73 Å². The monoisotopic (exact) mass is 469 g/mol. The quantitative estimate of drug-likeness (QED) is 0.570. The van der Waals surface area contributed by atoms with E-state index in [0.717, 1.165) is 61.5 Å². The lowest BCUT2D eigenvalue weighted by Crippen LogP contribution is -2.49. The molecule has 3 fully saturated rings. The predicted octanol–water partition coefficient (Wildman–Crippen LogP) is -0.0480. The second-order valence-corrected chi connectivity index (χ2v) is 9.82. The number of carbonyl (C=O) groups is 2. The van der Waals surface area contributed by atoms with Gasteiger partial charge in [-0.25, -0.2) is 19.9 Å². The van der Waals surface area contributed by atoms with Gasteiger partial charge in [-0.05, 0) is 39.0 Å². The predicted molar refractivity (Wildman–Crippen MR) is 128 cm³/mol. The van der Waals surface area contributed by atoms with Crippen LogP contribution in [-0.2, 0) is 9.59 Å². The summed E-state index contributed by atoms with van der Waals surface area (Å²) in [7, 11) is 3.43. The molecule has 3 saturated heterocycles. The largest absolute Gasteiger partial charge is 0.358 e. The number of nitrogens with one attached hydrogen (secondary N) is 2. The molecule has 4 unspecified atom stereocenters. The Morgan fingerprint density at radius 2 is 2.06 bits per heavy atom. The molecule has 3 aliphatic rings. The smallest absolute Gasteiger partial charge is 0.241 e. The van der Waals surface area contributed by atoms with E-state index in [1.54, 1.807) is 12.1 Å². The second kappa shape index (κ2) is 9.12. The molecule has 2 amide bonds. The van der Waals surface area contributed by atoms with Crippen LogP contribution < -0.4 is 21.4 Å². The van der Waals surface area contributed by atoms with Crippen LogP contribution >= 0.6 is 0 Å². The van der Waals surface area contributed by atoms with Gasteiger partial charge in [-0.3, -0.25) is 9.59 Å². The fourth-order valence-corrected chi connectivity index (χ4v) is 5.56. The number of rotatable bonds is 4. The third-order valence-electron chi connectivity index (χ3n) is 7.41. The molecule has 11 heteroatoms. The van der Waals surface area contributed by atoms with Gasteiger partial charge in [-0.2, -0.15) is 5.10 Å². The molecule has 0 saturated carbocycles. The molecule has 0 bridgehead atoms. The molecule has 2 aromatic rings. The van der Waals surface area contributed by atoms with Crippen molar-refractivity contribution in [1.82, 2.24) is 35.2 Å². The Hall–Kier alpha value is -2.76. The van der Waals surface area contributed by atoms with Gasteiger partial charge in [0.15, 0.2) is 5.65 Å². The van der Waals surface area contributed by atoms with Crippen LogP contribution in [0, 0.1) is 6.92 Å². The SMILES string of the molecule is CNC(=O)C1CC(C(=O)N2CCCCC2c2cc3nc(N4CCC(N)C4)c(C)cn3n2)NN1C. The van der Waals surface area contributed by atoms with Crippen LogP contribution in [0.25, 0.3) is 5.65 Å². The van der Waals surface area contributed by atoms with Crippen LogP contribution in [0.2, 0.25) is 0 Å². The summed E-state index contributed by atoms with van der Waals surface area (Å²) >= 11 is 0. The van der Waals surface area contributed by atoms with Gasteiger partial charge in [-0.15, -0.1) is 0 Å². The van der Waals surface area contributed by atoms with Gasteiger partial charge in [0.1, 0.15) is 17.9 Å². The van der Waals surface area contributed by atoms with Crippen LogP contribution in [0.4, 0.5) is 5.82 Å². The van der Waals surface area contributed by atoms with E-state index in [1.807, 2.05) is 28.7 Å². The molecule has 3 aliphatic heterocycles. The van der Waals surface area contributed by atoms with Crippen molar-refractivity contribution in [3.8, 4) is 0 Å². The molecule has 34 heavy (non-hydrogen) atoms. The number of nitrogens with zero attached hydrogens (tertiary/aromatic N) is 6. The number of aryl methyl sites for hydroxylation is 1. The Labute approximate surface area is 199 Å². The molecule has 11 nitrogen and oxygen atoms in total. The molecule has 0 spiro atoms. The van der Waals surface area contributed by atoms with E-state index in [4.69, 9.17) is 15.8 Å². The van der Waals surface area contributed by atoms with Gasteiger partial charge in [-0.1, -0.05) is 0 Å². The molecule has 184 valence electrons. The summed E-state index contributed by atoms with van der Waals surface area (Å²) < 4.78 is 1.82. The number of amides is 2. The Morgan fingerprint density at radius 1 is 1.24 bits per heavy atom. The van der Waals surface area contributed by atoms with E-state index in [2.05, 4.69) is 22.6 Å².